The first-order valence-electron chi connectivity index (χ1n) is 15.4. The molecule has 0 aliphatic carbocycles. The number of aliphatic hydroxyl groups is 1. The molecule has 4 heterocycles. The van der Waals surface area contributed by atoms with Crippen LogP contribution in [0.5, 0.6) is 0 Å². The number of fused-ring (bicyclic) bond motifs is 5. The smallest absolute Gasteiger partial charge is 0.407 e. The summed E-state index contributed by atoms with van der Waals surface area (Å²) in [7, 11) is -1.89. The Balaban J connectivity index is 1.50. The SMILES string of the molecule is CC[C@@]1(OC(O)CCCNC(=O)OC(C)(C)C)C(=O)OCc2c1cc1n(c2=O)Cc2c-1nc1ccccc1c2[Si](C)(C)CC. The Morgan fingerprint density at radius 3 is 2.61 bits per heavy atom. The van der Waals surface area contributed by atoms with E-state index in [1.54, 1.807) is 32.3 Å². The minimum absolute atomic E-state index is 0.139. The molecule has 0 radical (unpaired) electrons. The fourth-order valence-corrected chi connectivity index (χ4v) is 8.54. The van der Waals surface area contributed by atoms with Crippen LogP contribution in [0, 0.1) is 0 Å². The number of benzene rings is 1. The Bertz CT molecular complexity index is 1680. The average molecular weight is 622 g/mol. The van der Waals surface area contributed by atoms with Crippen molar-refractivity contribution in [1.29, 1.82) is 0 Å². The van der Waals surface area contributed by atoms with Crippen molar-refractivity contribution >= 4 is 36.2 Å². The first kappa shape index (κ1) is 31.9. The maximum absolute atomic E-state index is 14.1. The second-order valence-electron chi connectivity index (χ2n) is 13.3. The summed E-state index contributed by atoms with van der Waals surface area (Å²) in [5.41, 5.74) is 1.57. The monoisotopic (exact) mass is 621 g/mol. The van der Waals surface area contributed by atoms with E-state index in [4.69, 9.17) is 19.2 Å². The van der Waals surface area contributed by atoms with Gasteiger partial charge < -0.3 is 29.2 Å². The van der Waals surface area contributed by atoms with E-state index in [-0.39, 0.29) is 31.6 Å². The Morgan fingerprint density at radius 2 is 1.93 bits per heavy atom. The van der Waals surface area contributed by atoms with Gasteiger partial charge >= 0.3 is 12.1 Å². The zero-order valence-electron chi connectivity index (χ0n) is 26.7. The standard InChI is InChI=1S/C33H43N3O7Si/c1-8-33(42-26(37)15-12-16-34-31(40)43-32(3,4)5)23-17-25-27-21(18-36(25)29(38)22(23)19-41-30(33)39)28(44(6,7)9-2)20-13-10-11-14-24(20)35-27/h10-11,13-14,17,26,37H,8-9,12,15-16,18-19H2,1-7H3,(H,34,40)/t26?,33-/m0/s1. The highest BCUT2D eigenvalue weighted by molar-refractivity contribution is 6.91. The van der Waals surface area contributed by atoms with Crippen molar-refractivity contribution < 1.29 is 28.9 Å². The van der Waals surface area contributed by atoms with E-state index < -0.39 is 37.6 Å². The molecule has 3 aromatic rings. The lowest BCUT2D eigenvalue weighted by Crippen LogP contribution is -2.48. The van der Waals surface area contributed by atoms with Crippen molar-refractivity contribution in [3.8, 4) is 11.4 Å². The number of ether oxygens (including phenoxy) is 3. The van der Waals surface area contributed by atoms with Crippen molar-refractivity contribution in [2.75, 3.05) is 6.54 Å². The highest BCUT2D eigenvalue weighted by atomic mass is 28.3. The fraction of sp³-hybridized carbons (Fsp3) is 0.515. The number of amides is 1. The van der Waals surface area contributed by atoms with Gasteiger partial charge in [0.15, 0.2) is 11.9 Å². The minimum atomic E-state index is -1.89. The predicted molar refractivity (Wildman–Crippen MR) is 170 cm³/mol. The summed E-state index contributed by atoms with van der Waals surface area (Å²) in [5.74, 6) is -0.646. The van der Waals surface area contributed by atoms with Crippen molar-refractivity contribution in [3.05, 3.63) is 57.4 Å². The third kappa shape index (κ3) is 5.68. The van der Waals surface area contributed by atoms with Crippen molar-refractivity contribution in [2.24, 2.45) is 0 Å². The van der Waals surface area contributed by atoms with Crippen LogP contribution in [0.15, 0.2) is 35.1 Å². The van der Waals surface area contributed by atoms with Gasteiger partial charge in [0.2, 0.25) is 0 Å². The Kier molecular flexibility index (Phi) is 8.51. The lowest BCUT2D eigenvalue weighted by atomic mass is 9.85. The number of carbonyl (C=O) groups excluding carboxylic acids is 2. The molecular weight excluding hydrogens is 578 g/mol. The average Bonchev–Trinajstić information content (AvgIpc) is 3.32. The summed E-state index contributed by atoms with van der Waals surface area (Å²) in [6.45, 7) is 14.5. The van der Waals surface area contributed by atoms with Gasteiger partial charge in [-0.2, -0.15) is 0 Å². The predicted octanol–water partition coefficient (Wildman–Crippen LogP) is 4.66. The maximum atomic E-state index is 14.1. The number of alkyl carbamates (subject to hydrolysis) is 1. The van der Waals surface area contributed by atoms with Crippen LogP contribution in [0.4, 0.5) is 4.79 Å². The number of cyclic esters (lactones) is 1. The summed E-state index contributed by atoms with van der Waals surface area (Å²) >= 11 is 0. The van der Waals surface area contributed by atoms with Crippen molar-refractivity contribution in [2.45, 2.75) is 104 Å². The fourth-order valence-electron chi connectivity index (χ4n) is 6.23. The number of aliphatic hydroxyl groups excluding tert-OH is 1. The van der Waals surface area contributed by atoms with Gasteiger partial charge in [-0.25, -0.2) is 14.6 Å². The zero-order valence-corrected chi connectivity index (χ0v) is 27.7. The molecule has 2 aliphatic heterocycles. The molecule has 11 heteroatoms. The summed E-state index contributed by atoms with van der Waals surface area (Å²) in [4.78, 5) is 44.5. The van der Waals surface area contributed by atoms with E-state index >= 15 is 0 Å². The van der Waals surface area contributed by atoms with Crippen molar-refractivity contribution in [1.82, 2.24) is 14.9 Å². The van der Waals surface area contributed by atoms with Crippen LogP contribution in [-0.4, -0.2) is 53.2 Å². The molecule has 1 amide bonds. The summed E-state index contributed by atoms with van der Waals surface area (Å²) in [5, 5.41) is 16.0. The van der Waals surface area contributed by atoms with Crippen LogP contribution in [0.1, 0.15) is 70.6 Å². The number of carbonyl (C=O) groups is 2. The van der Waals surface area contributed by atoms with Gasteiger partial charge in [-0.05, 0) is 68.3 Å². The second-order valence-corrected chi connectivity index (χ2v) is 18.3. The molecule has 0 fully saturated rings. The zero-order chi connectivity index (χ0) is 32.0. The van der Waals surface area contributed by atoms with Crippen LogP contribution in [-0.2, 0) is 37.8 Å². The molecule has 2 aromatic heterocycles. The number of aromatic nitrogens is 2. The van der Waals surface area contributed by atoms with Gasteiger partial charge in [-0.15, -0.1) is 0 Å². The van der Waals surface area contributed by atoms with Gasteiger partial charge in [0.1, 0.15) is 12.2 Å². The first-order valence-corrected chi connectivity index (χ1v) is 18.6. The van der Waals surface area contributed by atoms with E-state index in [1.165, 1.54) is 5.19 Å². The van der Waals surface area contributed by atoms with Gasteiger partial charge in [-0.3, -0.25) is 4.79 Å². The third-order valence-corrected chi connectivity index (χ3v) is 12.4. The second kappa shape index (κ2) is 11.8. The van der Waals surface area contributed by atoms with Crippen LogP contribution in [0.25, 0.3) is 22.3 Å². The molecule has 10 nitrogen and oxygen atoms in total. The lowest BCUT2D eigenvalue weighted by Gasteiger charge is -2.37. The summed E-state index contributed by atoms with van der Waals surface area (Å²) in [6.07, 6.45) is -1.23. The van der Waals surface area contributed by atoms with Crippen molar-refractivity contribution in [3.63, 3.8) is 0 Å². The van der Waals surface area contributed by atoms with Crippen LogP contribution >= 0.6 is 0 Å². The molecule has 5 rings (SSSR count). The Labute approximate surface area is 258 Å². The van der Waals surface area contributed by atoms with E-state index in [2.05, 4.69) is 31.4 Å². The molecule has 1 unspecified atom stereocenters. The maximum Gasteiger partial charge on any atom is 0.407 e. The molecule has 1 aromatic carbocycles. The third-order valence-electron chi connectivity index (χ3n) is 8.76. The van der Waals surface area contributed by atoms with Crippen LogP contribution in [0.3, 0.4) is 0 Å². The largest absolute Gasteiger partial charge is 0.458 e. The molecule has 0 saturated heterocycles. The number of hydrogen-bond acceptors (Lipinski definition) is 8. The Hall–Kier alpha value is -3.54. The van der Waals surface area contributed by atoms with Gasteiger partial charge in [0, 0.05) is 12.1 Å². The molecule has 236 valence electrons. The highest BCUT2D eigenvalue weighted by Crippen LogP contribution is 2.41. The normalized spacial score (nSPS) is 18.3. The quantitative estimate of drug-likeness (QED) is 0.120. The van der Waals surface area contributed by atoms with Gasteiger partial charge in [-0.1, -0.05) is 51.2 Å². The number of esters is 1. The molecule has 2 atom stereocenters. The lowest BCUT2D eigenvalue weighted by molar-refractivity contribution is -0.222. The van der Waals surface area contributed by atoms with Gasteiger partial charge in [0.05, 0.1) is 37.1 Å². The van der Waals surface area contributed by atoms with E-state index in [1.807, 2.05) is 24.3 Å². The molecule has 0 spiro atoms. The van der Waals surface area contributed by atoms with Crippen LogP contribution < -0.4 is 16.1 Å². The molecule has 44 heavy (non-hydrogen) atoms. The van der Waals surface area contributed by atoms with E-state index in [0.717, 1.165) is 28.2 Å². The van der Waals surface area contributed by atoms with Gasteiger partial charge in [0.25, 0.3) is 5.56 Å². The molecule has 0 saturated carbocycles. The van der Waals surface area contributed by atoms with E-state index in [9.17, 15) is 19.5 Å². The van der Waals surface area contributed by atoms with E-state index in [0.29, 0.717) is 29.8 Å². The molecule has 2 N–H and O–H groups in total. The number of nitrogens with one attached hydrogen (secondary N) is 1. The number of pyridine rings is 2. The summed E-state index contributed by atoms with van der Waals surface area (Å²) < 4.78 is 18.6. The number of para-hydroxylation sites is 1. The summed E-state index contributed by atoms with van der Waals surface area (Å²) in [6, 6.07) is 11.0. The minimum Gasteiger partial charge on any atom is -0.458 e. The Morgan fingerprint density at radius 1 is 1.20 bits per heavy atom. The highest BCUT2D eigenvalue weighted by Gasteiger charge is 2.49. The molecule has 2 aliphatic rings. The molecule has 0 bridgehead atoms. The van der Waals surface area contributed by atoms with Crippen LogP contribution in [0.2, 0.25) is 19.1 Å². The first-order chi connectivity index (χ1) is 20.7. The topological polar surface area (TPSA) is 129 Å². The number of rotatable bonds is 9. The molecular formula is C33H43N3O7Si. The number of hydrogen-bond donors (Lipinski definition) is 2. The number of nitrogens with zero attached hydrogens (tertiary/aromatic N) is 2.